The lowest BCUT2D eigenvalue weighted by Gasteiger charge is -2.05. The minimum Gasteiger partial charge on any atom is -0.387 e. The topological polar surface area (TPSA) is 99.6 Å². The molecule has 1 aromatic carbocycles. The molecule has 3 rings (SSSR count). The number of nitro benzene ring substituents is 1. The van der Waals surface area contributed by atoms with Crippen molar-refractivity contribution in [1.82, 2.24) is 9.55 Å². The number of aromatic nitrogens is 2. The molecule has 0 N–H and O–H groups in total. The van der Waals surface area contributed by atoms with Gasteiger partial charge in [-0.1, -0.05) is 17.3 Å². The molecule has 138 valence electrons. The molecule has 2 heterocycles. The summed E-state index contributed by atoms with van der Waals surface area (Å²) in [6.45, 7) is 3.48. The lowest BCUT2D eigenvalue weighted by Crippen LogP contribution is -2.08. The van der Waals surface area contributed by atoms with E-state index < -0.39 is 4.92 Å². The Balaban J connectivity index is 1.69. The Morgan fingerprint density at radius 1 is 1.41 bits per heavy atom. The first-order valence-corrected chi connectivity index (χ1v) is 8.87. The summed E-state index contributed by atoms with van der Waals surface area (Å²) in [5.41, 5.74) is 2.43. The van der Waals surface area contributed by atoms with Crippen molar-refractivity contribution in [3.8, 4) is 5.13 Å². The van der Waals surface area contributed by atoms with Crippen LogP contribution in [0.4, 0.5) is 5.69 Å². The van der Waals surface area contributed by atoms with E-state index in [1.807, 2.05) is 23.8 Å². The highest BCUT2D eigenvalue weighted by atomic mass is 32.1. The molecule has 0 radical (unpaired) electrons. The molecule has 3 aromatic rings. The molecule has 0 aliphatic heterocycles. The summed E-state index contributed by atoms with van der Waals surface area (Å²) < 4.78 is 1.91. The Hall–Kier alpha value is -3.33. The minimum atomic E-state index is -0.500. The molecule has 8 nitrogen and oxygen atoms in total. The normalized spacial score (nSPS) is 11.0. The second-order valence-electron chi connectivity index (χ2n) is 5.68. The van der Waals surface area contributed by atoms with Crippen molar-refractivity contribution in [3.05, 3.63) is 74.5 Å². The van der Waals surface area contributed by atoms with Gasteiger partial charge in [0.2, 0.25) is 5.78 Å². The zero-order valence-corrected chi connectivity index (χ0v) is 15.5. The van der Waals surface area contributed by atoms with Crippen LogP contribution in [0.15, 0.2) is 47.1 Å². The molecule has 0 saturated carbocycles. The Labute approximate surface area is 158 Å². The average Bonchev–Trinajstić information content (AvgIpc) is 3.26. The second-order valence-corrected chi connectivity index (χ2v) is 6.55. The second kappa shape index (κ2) is 7.92. The number of benzene rings is 1. The number of nitrogens with zero attached hydrogens (tertiary/aromatic N) is 4. The summed E-state index contributed by atoms with van der Waals surface area (Å²) >= 11 is 1.48. The Kier molecular flexibility index (Phi) is 5.41. The Morgan fingerprint density at radius 2 is 2.19 bits per heavy atom. The third-order valence-electron chi connectivity index (χ3n) is 3.94. The molecule has 0 spiro atoms. The van der Waals surface area contributed by atoms with E-state index in [4.69, 9.17) is 4.84 Å². The number of rotatable bonds is 7. The highest BCUT2D eigenvalue weighted by molar-refractivity contribution is 7.12. The molecule has 0 atom stereocenters. The fourth-order valence-corrected chi connectivity index (χ4v) is 3.45. The summed E-state index contributed by atoms with van der Waals surface area (Å²) in [6, 6.07) is 7.94. The van der Waals surface area contributed by atoms with Gasteiger partial charge in [-0.2, -0.15) is 0 Å². The van der Waals surface area contributed by atoms with E-state index in [0.29, 0.717) is 11.1 Å². The first kappa shape index (κ1) is 18.5. The van der Waals surface area contributed by atoms with Crippen molar-refractivity contribution in [2.45, 2.75) is 13.8 Å². The monoisotopic (exact) mass is 384 g/mol. The first-order chi connectivity index (χ1) is 13.0. The maximum absolute atomic E-state index is 12.4. The van der Waals surface area contributed by atoms with Gasteiger partial charge in [0.05, 0.1) is 16.7 Å². The van der Waals surface area contributed by atoms with Gasteiger partial charge >= 0.3 is 0 Å². The van der Waals surface area contributed by atoms with Gasteiger partial charge in [0, 0.05) is 34.6 Å². The number of hydrogen-bond donors (Lipinski definition) is 0. The molecule has 27 heavy (non-hydrogen) atoms. The number of Topliss-reactive ketones (excluding diaryl/α,β-unsaturated/α-hetero) is 1. The number of ketones is 1. The number of aryl methyl sites for hydroxylation is 1. The van der Waals surface area contributed by atoms with Gasteiger partial charge in [0.1, 0.15) is 0 Å². The van der Waals surface area contributed by atoms with Crippen molar-refractivity contribution in [3.63, 3.8) is 0 Å². The summed E-state index contributed by atoms with van der Waals surface area (Å²) in [5.74, 6) is -0.231. The third-order valence-corrected chi connectivity index (χ3v) is 4.69. The van der Waals surface area contributed by atoms with Crippen molar-refractivity contribution in [2.75, 3.05) is 6.61 Å². The Morgan fingerprint density at radius 3 is 2.89 bits per heavy atom. The third kappa shape index (κ3) is 3.93. The highest BCUT2D eigenvalue weighted by Gasteiger charge is 2.18. The molecule has 0 fully saturated rings. The molecular weight excluding hydrogens is 368 g/mol. The van der Waals surface area contributed by atoms with Crippen molar-refractivity contribution < 1.29 is 14.6 Å². The SMILES string of the molecule is Cc1cc(C(=O)CO/N=C/c2ccccc2[N+](=O)[O-])c(C)n1-c1nccs1. The summed E-state index contributed by atoms with van der Waals surface area (Å²) in [6.07, 6.45) is 2.94. The van der Waals surface area contributed by atoms with Gasteiger partial charge < -0.3 is 4.84 Å². The maximum atomic E-state index is 12.4. The number of thiazole rings is 1. The first-order valence-electron chi connectivity index (χ1n) is 8.00. The van der Waals surface area contributed by atoms with Gasteiger partial charge in [-0.05, 0) is 26.0 Å². The fourth-order valence-electron chi connectivity index (χ4n) is 2.70. The van der Waals surface area contributed by atoms with Gasteiger partial charge in [-0.3, -0.25) is 19.5 Å². The van der Waals surface area contributed by atoms with Crippen LogP contribution in [0.25, 0.3) is 5.13 Å². The van der Waals surface area contributed by atoms with Gasteiger partial charge in [-0.25, -0.2) is 4.98 Å². The van der Waals surface area contributed by atoms with Crippen molar-refractivity contribution >= 4 is 29.0 Å². The van der Waals surface area contributed by atoms with Crippen molar-refractivity contribution in [1.29, 1.82) is 0 Å². The van der Waals surface area contributed by atoms with Crippen LogP contribution in [0.2, 0.25) is 0 Å². The van der Waals surface area contributed by atoms with E-state index in [0.717, 1.165) is 16.5 Å². The predicted molar refractivity (Wildman–Crippen MR) is 102 cm³/mol. The number of nitro groups is 1. The summed E-state index contributed by atoms with van der Waals surface area (Å²) in [5, 5.41) is 17.3. The van der Waals surface area contributed by atoms with E-state index in [2.05, 4.69) is 10.1 Å². The quantitative estimate of drug-likeness (QED) is 0.268. The van der Waals surface area contributed by atoms with Crippen LogP contribution in [-0.2, 0) is 4.84 Å². The molecule has 0 amide bonds. The lowest BCUT2D eigenvalue weighted by molar-refractivity contribution is -0.385. The lowest BCUT2D eigenvalue weighted by atomic mass is 10.2. The van der Waals surface area contributed by atoms with Crippen LogP contribution < -0.4 is 0 Å². The van der Waals surface area contributed by atoms with E-state index in [-0.39, 0.29) is 18.1 Å². The van der Waals surface area contributed by atoms with E-state index in [9.17, 15) is 14.9 Å². The van der Waals surface area contributed by atoms with Crippen LogP contribution in [-0.4, -0.2) is 33.1 Å². The van der Waals surface area contributed by atoms with E-state index in [1.165, 1.54) is 23.6 Å². The summed E-state index contributed by atoms with van der Waals surface area (Å²) in [7, 11) is 0. The maximum Gasteiger partial charge on any atom is 0.278 e. The van der Waals surface area contributed by atoms with E-state index in [1.54, 1.807) is 30.5 Å². The van der Waals surface area contributed by atoms with Crippen molar-refractivity contribution in [2.24, 2.45) is 5.16 Å². The van der Waals surface area contributed by atoms with Crippen LogP contribution >= 0.6 is 11.3 Å². The smallest absolute Gasteiger partial charge is 0.278 e. The number of hydrogen-bond acceptors (Lipinski definition) is 7. The van der Waals surface area contributed by atoms with Gasteiger partial charge in [0.15, 0.2) is 11.7 Å². The molecule has 0 aliphatic rings. The zero-order chi connectivity index (χ0) is 19.4. The van der Waals surface area contributed by atoms with Crippen LogP contribution in [0.3, 0.4) is 0 Å². The van der Waals surface area contributed by atoms with Gasteiger partial charge in [-0.15, -0.1) is 11.3 Å². The predicted octanol–water partition coefficient (Wildman–Crippen LogP) is 3.69. The van der Waals surface area contributed by atoms with Crippen LogP contribution in [0.1, 0.15) is 27.3 Å². The zero-order valence-electron chi connectivity index (χ0n) is 14.7. The molecule has 0 bridgehead atoms. The molecule has 2 aromatic heterocycles. The van der Waals surface area contributed by atoms with E-state index >= 15 is 0 Å². The molecule has 9 heteroatoms. The van der Waals surface area contributed by atoms with Crippen LogP contribution in [0, 0.1) is 24.0 Å². The standard InChI is InChI=1S/C18H16N4O4S/c1-12-9-15(13(2)21(12)18-19-7-8-27-18)17(23)11-26-20-10-14-5-3-4-6-16(14)22(24)25/h3-10H,11H2,1-2H3/b20-10+. The Bertz CT molecular complexity index is 1010. The highest BCUT2D eigenvalue weighted by Crippen LogP contribution is 2.22. The number of carbonyl (C=O) groups excluding carboxylic acids is 1. The molecule has 0 aliphatic carbocycles. The average molecular weight is 384 g/mol. The molecule has 0 unspecified atom stereocenters. The van der Waals surface area contributed by atoms with Crippen LogP contribution in [0.5, 0.6) is 0 Å². The number of para-hydroxylation sites is 1. The molecular formula is C18H16N4O4S. The summed E-state index contributed by atoms with van der Waals surface area (Å²) in [4.78, 5) is 32.2. The molecule has 0 saturated heterocycles. The largest absolute Gasteiger partial charge is 0.387 e. The number of oxime groups is 1. The number of carbonyl (C=O) groups is 1. The fraction of sp³-hybridized carbons (Fsp3) is 0.167. The van der Waals surface area contributed by atoms with Gasteiger partial charge in [0.25, 0.3) is 5.69 Å². The minimum absolute atomic E-state index is 0.0804.